The number of ketones is 1. The van der Waals surface area contributed by atoms with Crippen molar-refractivity contribution in [1.29, 1.82) is 0 Å². The van der Waals surface area contributed by atoms with Gasteiger partial charge in [-0.15, -0.1) is 11.3 Å². The quantitative estimate of drug-likeness (QED) is 0.325. The van der Waals surface area contributed by atoms with Gasteiger partial charge >= 0.3 is 5.97 Å². The number of Topliss-reactive ketones (excluding diaryl/α,β-unsaturated/α-hetero) is 1. The van der Waals surface area contributed by atoms with Crippen LogP contribution in [0.3, 0.4) is 0 Å². The fraction of sp³-hybridized carbons (Fsp3) is 0.182. The van der Waals surface area contributed by atoms with Crippen LogP contribution < -0.4 is 4.90 Å². The van der Waals surface area contributed by atoms with Crippen molar-refractivity contribution in [3.8, 4) is 0 Å². The Morgan fingerprint density at radius 2 is 2.00 bits per heavy atom. The number of aliphatic hydroxyl groups is 1. The summed E-state index contributed by atoms with van der Waals surface area (Å²) >= 11 is 14.4. The molecule has 0 saturated heterocycles. The van der Waals surface area contributed by atoms with Crippen LogP contribution in [0.15, 0.2) is 47.0 Å². The van der Waals surface area contributed by atoms with E-state index in [4.69, 9.17) is 27.9 Å². The fourth-order valence-electron chi connectivity index (χ4n) is 3.44. The number of hydrogen-bond donors (Lipinski definition) is 1. The van der Waals surface area contributed by atoms with E-state index in [1.54, 1.807) is 43.5 Å². The fourth-order valence-corrected chi connectivity index (χ4v) is 5.42. The highest BCUT2D eigenvalue weighted by Crippen LogP contribution is 2.45. The van der Waals surface area contributed by atoms with Gasteiger partial charge in [-0.25, -0.2) is 9.78 Å². The molecule has 0 fully saturated rings. The van der Waals surface area contributed by atoms with Gasteiger partial charge in [-0.2, -0.15) is 0 Å². The van der Waals surface area contributed by atoms with Gasteiger partial charge in [0.05, 0.1) is 38.8 Å². The lowest BCUT2D eigenvalue weighted by Crippen LogP contribution is -2.31. The predicted molar refractivity (Wildman–Crippen MR) is 128 cm³/mol. The molecule has 0 aliphatic carbocycles. The highest BCUT2D eigenvalue weighted by Gasteiger charge is 2.46. The second-order valence-corrected chi connectivity index (χ2v) is 9.69. The van der Waals surface area contributed by atoms with Crippen molar-refractivity contribution >= 4 is 68.7 Å². The number of esters is 1. The van der Waals surface area contributed by atoms with Crippen LogP contribution in [0.2, 0.25) is 10.0 Å². The second kappa shape index (κ2) is 9.26. The number of hydrogen-bond acceptors (Lipinski definition) is 8. The molecule has 7 nitrogen and oxygen atoms in total. The van der Waals surface area contributed by atoms with Crippen molar-refractivity contribution in [2.45, 2.75) is 19.9 Å². The van der Waals surface area contributed by atoms with E-state index in [-0.39, 0.29) is 27.2 Å². The zero-order valence-corrected chi connectivity index (χ0v) is 20.4. The molecule has 2 aromatic heterocycles. The first-order valence-corrected chi connectivity index (χ1v) is 12.1. The van der Waals surface area contributed by atoms with E-state index in [9.17, 15) is 19.5 Å². The van der Waals surface area contributed by atoms with Gasteiger partial charge < -0.3 is 9.84 Å². The summed E-state index contributed by atoms with van der Waals surface area (Å²) in [6.07, 6.45) is 0. The Morgan fingerprint density at radius 1 is 1.24 bits per heavy atom. The molecule has 1 amide bonds. The van der Waals surface area contributed by atoms with Crippen LogP contribution >= 0.6 is 45.9 Å². The summed E-state index contributed by atoms with van der Waals surface area (Å²) in [5, 5.41) is 13.2. The minimum atomic E-state index is -1.03. The molecule has 170 valence electrons. The molecule has 3 heterocycles. The van der Waals surface area contributed by atoms with Crippen LogP contribution in [-0.2, 0) is 9.53 Å². The van der Waals surface area contributed by atoms with Gasteiger partial charge in [-0.3, -0.25) is 14.5 Å². The van der Waals surface area contributed by atoms with Crippen LogP contribution in [0.25, 0.3) is 0 Å². The number of carbonyl (C=O) groups excluding carboxylic acids is 3. The SMILES string of the molecule is CCOC(=O)c1sc(N2C(=O)C(O)=C(C(=O)c3cccs3)C2c2ccc(Cl)c(Cl)c2)nc1C. The number of aryl methyl sites for hydroxylation is 1. The van der Waals surface area contributed by atoms with Crippen molar-refractivity contribution in [2.75, 3.05) is 11.5 Å². The predicted octanol–water partition coefficient (Wildman–Crippen LogP) is 5.78. The largest absolute Gasteiger partial charge is 0.503 e. The Hall–Kier alpha value is -2.72. The molecule has 1 aliphatic heterocycles. The monoisotopic (exact) mass is 522 g/mol. The van der Waals surface area contributed by atoms with E-state index >= 15 is 0 Å². The molecule has 1 aromatic carbocycles. The maximum Gasteiger partial charge on any atom is 0.350 e. The number of thiophene rings is 1. The minimum absolute atomic E-state index is 0.105. The van der Waals surface area contributed by atoms with E-state index in [1.165, 1.54) is 22.3 Å². The number of nitrogens with zero attached hydrogens (tertiary/aromatic N) is 2. The van der Waals surface area contributed by atoms with Crippen molar-refractivity contribution < 1.29 is 24.2 Å². The Labute approximate surface area is 206 Å². The van der Waals surface area contributed by atoms with E-state index < -0.39 is 29.5 Å². The Balaban J connectivity index is 1.87. The Morgan fingerprint density at radius 3 is 2.64 bits per heavy atom. The zero-order chi connectivity index (χ0) is 23.9. The average molecular weight is 523 g/mol. The van der Waals surface area contributed by atoms with E-state index in [0.717, 1.165) is 11.3 Å². The van der Waals surface area contributed by atoms with Gasteiger partial charge in [0.2, 0.25) is 5.78 Å². The Kier molecular flexibility index (Phi) is 6.58. The maximum atomic E-state index is 13.3. The van der Waals surface area contributed by atoms with Crippen molar-refractivity contribution in [3.05, 3.63) is 78.1 Å². The number of halogens is 2. The third-order valence-electron chi connectivity index (χ3n) is 4.91. The lowest BCUT2D eigenvalue weighted by Gasteiger charge is -2.24. The van der Waals surface area contributed by atoms with Crippen LogP contribution in [0.1, 0.15) is 43.6 Å². The second-order valence-electron chi connectivity index (χ2n) is 6.95. The molecule has 1 atom stereocenters. The van der Waals surface area contributed by atoms with Crippen molar-refractivity contribution in [1.82, 2.24) is 4.98 Å². The smallest absolute Gasteiger partial charge is 0.350 e. The number of amides is 1. The van der Waals surface area contributed by atoms with Crippen molar-refractivity contribution in [3.63, 3.8) is 0 Å². The number of carbonyl (C=O) groups is 3. The van der Waals surface area contributed by atoms with Crippen LogP contribution in [-0.4, -0.2) is 34.4 Å². The number of aliphatic hydroxyl groups excluding tert-OH is 1. The molecule has 0 bridgehead atoms. The first-order valence-electron chi connectivity index (χ1n) is 9.69. The van der Waals surface area contributed by atoms with Gasteiger partial charge in [0.15, 0.2) is 10.9 Å². The molecule has 0 radical (unpaired) electrons. The Bertz CT molecular complexity index is 1300. The summed E-state index contributed by atoms with van der Waals surface area (Å²) < 4.78 is 5.06. The molecule has 11 heteroatoms. The number of anilines is 1. The van der Waals surface area contributed by atoms with Gasteiger partial charge in [0.25, 0.3) is 5.91 Å². The van der Waals surface area contributed by atoms with Crippen LogP contribution in [0.5, 0.6) is 0 Å². The highest BCUT2D eigenvalue weighted by atomic mass is 35.5. The van der Waals surface area contributed by atoms with Crippen LogP contribution in [0.4, 0.5) is 5.13 Å². The summed E-state index contributed by atoms with van der Waals surface area (Å²) in [4.78, 5) is 45.0. The van der Waals surface area contributed by atoms with E-state index in [1.807, 2.05) is 0 Å². The maximum absolute atomic E-state index is 13.3. The molecule has 0 saturated carbocycles. The van der Waals surface area contributed by atoms with Crippen molar-refractivity contribution in [2.24, 2.45) is 0 Å². The summed E-state index contributed by atoms with van der Waals surface area (Å²) in [6.45, 7) is 3.48. The summed E-state index contributed by atoms with van der Waals surface area (Å²) in [5.41, 5.74) is 0.713. The molecule has 33 heavy (non-hydrogen) atoms. The number of benzene rings is 1. The third-order valence-corrected chi connectivity index (χ3v) is 7.65. The van der Waals surface area contributed by atoms with E-state index in [0.29, 0.717) is 21.2 Å². The molecular weight excluding hydrogens is 507 g/mol. The number of aromatic nitrogens is 1. The van der Waals surface area contributed by atoms with Crippen LogP contribution in [0, 0.1) is 6.92 Å². The summed E-state index contributed by atoms with van der Waals surface area (Å²) in [5.74, 6) is -2.55. The topological polar surface area (TPSA) is 96.8 Å². The number of rotatable bonds is 6. The van der Waals surface area contributed by atoms with E-state index in [2.05, 4.69) is 4.98 Å². The molecule has 3 aromatic rings. The van der Waals surface area contributed by atoms with Gasteiger partial charge in [0.1, 0.15) is 4.88 Å². The minimum Gasteiger partial charge on any atom is -0.503 e. The zero-order valence-electron chi connectivity index (χ0n) is 17.3. The molecule has 1 unspecified atom stereocenters. The van der Waals surface area contributed by atoms with Gasteiger partial charge in [-0.05, 0) is 43.0 Å². The van der Waals surface area contributed by atoms with Gasteiger partial charge in [-0.1, -0.05) is 46.7 Å². The average Bonchev–Trinajstić information content (AvgIpc) is 3.49. The third kappa shape index (κ3) is 4.17. The molecule has 1 N–H and O–H groups in total. The molecular formula is C22H16Cl2N2O5S2. The number of thiazole rings is 1. The highest BCUT2D eigenvalue weighted by molar-refractivity contribution is 7.17. The summed E-state index contributed by atoms with van der Waals surface area (Å²) in [7, 11) is 0. The first kappa shape index (κ1) is 23.4. The standard InChI is InChI=1S/C22H16Cl2N2O5S2/c1-3-31-21(30)19-10(2)25-22(33-19)26-16(11-6-7-12(23)13(24)9-11)15(18(28)20(26)29)17(27)14-5-4-8-32-14/h4-9,16,28H,3H2,1-2H3. The molecule has 4 rings (SSSR count). The normalized spacial score (nSPS) is 15.9. The lowest BCUT2D eigenvalue weighted by molar-refractivity contribution is -0.117. The molecule has 0 spiro atoms. The molecule has 1 aliphatic rings. The summed E-state index contributed by atoms with van der Waals surface area (Å²) in [6, 6.07) is 6.98. The van der Waals surface area contributed by atoms with Gasteiger partial charge in [0, 0.05) is 0 Å². The first-order chi connectivity index (χ1) is 15.7. The number of ether oxygens (including phenoxy) is 1. The lowest BCUT2D eigenvalue weighted by atomic mass is 9.95.